The van der Waals surface area contributed by atoms with E-state index < -0.39 is 0 Å². The highest BCUT2D eigenvalue weighted by molar-refractivity contribution is 7.97. The van der Waals surface area contributed by atoms with E-state index in [2.05, 4.69) is 89.8 Å². The van der Waals surface area contributed by atoms with E-state index >= 15 is 0 Å². The van der Waals surface area contributed by atoms with Crippen LogP contribution in [0.15, 0.2) is 99.6 Å². The van der Waals surface area contributed by atoms with Crippen LogP contribution in [0, 0.1) is 0 Å². The van der Waals surface area contributed by atoms with E-state index in [1.54, 1.807) is 0 Å². The molecule has 166 valence electrons. The number of rotatable bonds is 9. The van der Waals surface area contributed by atoms with E-state index in [0.717, 1.165) is 25.9 Å². The highest BCUT2D eigenvalue weighted by Gasteiger charge is 2.28. The van der Waals surface area contributed by atoms with Crippen LogP contribution in [0.3, 0.4) is 0 Å². The molecular formula is C27H30NO3S+. The van der Waals surface area contributed by atoms with Crippen molar-refractivity contribution in [3.63, 3.8) is 0 Å². The molecule has 1 fully saturated rings. The minimum Gasteiger partial charge on any atom is -0.465 e. The highest BCUT2D eigenvalue weighted by atomic mass is 32.2. The first-order valence-electron chi connectivity index (χ1n) is 11.2. The van der Waals surface area contributed by atoms with Crippen molar-refractivity contribution in [3.8, 4) is 0 Å². The molecule has 0 bridgehead atoms. The number of esters is 1. The molecule has 1 aliphatic rings. The van der Waals surface area contributed by atoms with Gasteiger partial charge in [0, 0.05) is 13.1 Å². The molecular weight excluding hydrogens is 418 g/mol. The molecule has 32 heavy (non-hydrogen) atoms. The van der Waals surface area contributed by atoms with Crippen LogP contribution in [-0.2, 0) is 31.6 Å². The smallest absolute Gasteiger partial charge is 0.320 e. The molecule has 3 aromatic rings. The molecule has 0 saturated carbocycles. The lowest BCUT2D eigenvalue weighted by Gasteiger charge is -2.25. The second kappa shape index (κ2) is 11.9. The number of carbonyl (C=O) groups excluding carboxylic acids is 1. The summed E-state index contributed by atoms with van der Waals surface area (Å²) in [4.78, 5) is 18.0. The zero-order chi connectivity index (χ0) is 22.0. The van der Waals surface area contributed by atoms with E-state index in [0.29, 0.717) is 26.4 Å². The van der Waals surface area contributed by atoms with Gasteiger partial charge in [0.1, 0.15) is 0 Å². The van der Waals surface area contributed by atoms with Gasteiger partial charge < -0.3 is 9.47 Å². The number of carbonyl (C=O) groups is 1. The number of ether oxygens (including phenoxy) is 2. The molecule has 1 heterocycles. The molecule has 0 amide bonds. The summed E-state index contributed by atoms with van der Waals surface area (Å²) >= 11 is 0. The molecule has 0 spiro atoms. The van der Waals surface area contributed by atoms with Crippen LogP contribution in [0.5, 0.6) is 0 Å². The first-order chi connectivity index (χ1) is 15.8. The average Bonchev–Trinajstić information content (AvgIpc) is 2.85. The fourth-order valence-electron chi connectivity index (χ4n) is 3.76. The molecule has 5 heteroatoms. The van der Waals surface area contributed by atoms with Gasteiger partial charge in [0.05, 0.1) is 37.3 Å². The Balaban J connectivity index is 1.31. The molecule has 0 N–H and O–H groups in total. The van der Waals surface area contributed by atoms with Crippen molar-refractivity contribution in [3.05, 3.63) is 90.5 Å². The molecule has 0 radical (unpaired) electrons. The predicted octanol–water partition coefficient (Wildman–Crippen LogP) is 4.59. The van der Waals surface area contributed by atoms with Gasteiger partial charge in [0.25, 0.3) is 0 Å². The number of hydrogen-bond donors (Lipinski definition) is 0. The van der Waals surface area contributed by atoms with Gasteiger partial charge in [-0.3, -0.25) is 9.69 Å². The Kier molecular flexibility index (Phi) is 8.37. The first-order valence-corrected chi connectivity index (χ1v) is 12.4. The summed E-state index contributed by atoms with van der Waals surface area (Å²) < 4.78 is 10.7. The molecule has 0 atom stereocenters. The van der Waals surface area contributed by atoms with Gasteiger partial charge in [-0.05, 0) is 54.8 Å². The summed E-state index contributed by atoms with van der Waals surface area (Å²) in [6.07, 6.45) is 1.73. The quantitative estimate of drug-likeness (QED) is 0.273. The normalized spacial score (nSPS) is 14.4. The molecule has 4 nitrogen and oxygen atoms in total. The first kappa shape index (κ1) is 22.6. The molecule has 0 aromatic heterocycles. The van der Waals surface area contributed by atoms with Crippen LogP contribution >= 0.6 is 0 Å². The Hall–Kier alpha value is -2.60. The number of morpholine rings is 1. The monoisotopic (exact) mass is 448 g/mol. The minimum atomic E-state index is -0.142. The second-order valence-corrected chi connectivity index (χ2v) is 9.82. The Morgan fingerprint density at radius 1 is 0.812 bits per heavy atom. The van der Waals surface area contributed by atoms with E-state index in [1.165, 1.54) is 20.2 Å². The highest BCUT2D eigenvalue weighted by Crippen LogP contribution is 2.31. The largest absolute Gasteiger partial charge is 0.465 e. The number of aryl methyl sites for hydroxylation is 1. The lowest BCUT2D eigenvalue weighted by atomic mass is 10.1. The van der Waals surface area contributed by atoms with E-state index in [9.17, 15) is 4.79 Å². The minimum absolute atomic E-state index is 0.123. The van der Waals surface area contributed by atoms with Crippen molar-refractivity contribution in [1.82, 2.24) is 4.90 Å². The number of nitrogens with zero attached hydrogens (tertiary/aromatic N) is 1. The lowest BCUT2D eigenvalue weighted by Crippen LogP contribution is -2.40. The topological polar surface area (TPSA) is 38.8 Å². The molecule has 1 saturated heterocycles. The molecule has 0 unspecified atom stereocenters. The fourth-order valence-corrected chi connectivity index (χ4v) is 5.85. The Morgan fingerprint density at radius 2 is 1.38 bits per heavy atom. The second-order valence-electron chi connectivity index (χ2n) is 7.79. The van der Waals surface area contributed by atoms with Gasteiger partial charge in [-0.1, -0.05) is 48.5 Å². The summed E-state index contributed by atoms with van der Waals surface area (Å²) in [5.74, 6) is -0.142. The van der Waals surface area contributed by atoms with Gasteiger partial charge >= 0.3 is 5.97 Å². The summed E-state index contributed by atoms with van der Waals surface area (Å²) in [6.45, 7) is 3.81. The van der Waals surface area contributed by atoms with Crippen molar-refractivity contribution >= 4 is 16.9 Å². The van der Waals surface area contributed by atoms with Gasteiger partial charge in [0.2, 0.25) is 0 Å². The van der Waals surface area contributed by atoms with Crippen LogP contribution in [0.2, 0.25) is 0 Å². The van der Waals surface area contributed by atoms with E-state index in [1.807, 2.05) is 0 Å². The summed E-state index contributed by atoms with van der Waals surface area (Å²) in [5, 5.41) is 0. The van der Waals surface area contributed by atoms with Crippen LogP contribution < -0.4 is 0 Å². The van der Waals surface area contributed by atoms with Gasteiger partial charge in [-0.2, -0.15) is 0 Å². The third kappa shape index (κ3) is 6.45. The van der Waals surface area contributed by atoms with Crippen LogP contribution in [0.4, 0.5) is 0 Å². The fraction of sp³-hybridized carbons (Fsp3) is 0.296. The van der Waals surface area contributed by atoms with E-state index in [-0.39, 0.29) is 16.9 Å². The Morgan fingerprint density at radius 3 is 1.97 bits per heavy atom. The van der Waals surface area contributed by atoms with Crippen molar-refractivity contribution in [2.75, 3.05) is 39.5 Å². The summed E-state index contributed by atoms with van der Waals surface area (Å²) in [6, 6.07) is 30.2. The van der Waals surface area contributed by atoms with Crippen LogP contribution in [0.25, 0.3) is 0 Å². The third-order valence-corrected chi connectivity index (χ3v) is 7.68. The van der Waals surface area contributed by atoms with Crippen molar-refractivity contribution in [1.29, 1.82) is 0 Å². The maximum atomic E-state index is 12.0. The Labute approximate surface area is 193 Å². The number of benzene rings is 3. The predicted molar refractivity (Wildman–Crippen MR) is 128 cm³/mol. The third-order valence-electron chi connectivity index (χ3n) is 5.45. The zero-order valence-corrected chi connectivity index (χ0v) is 19.1. The van der Waals surface area contributed by atoms with Crippen molar-refractivity contribution in [2.24, 2.45) is 0 Å². The molecule has 3 aromatic carbocycles. The lowest BCUT2D eigenvalue weighted by molar-refractivity contribution is -0.146. The molecule has 4 rings (SSSR count). The van der Waals surface area contributed by atoms with Gasteiger partial charge in [-0.25, -0.2) is 0 Å². The average molecular weight is 449 g/mol. The summed E-state index contributed by atoms with van der Waals surface area (Å²) in [5.41, 5.74) is 1.27. The Bertz CT molecular complexity index is 918. The van der Waals surface area contributed by atoms with Crippen LogP contribution in [-0.4, -0.2) is 50.3 Å². The van der Waals surface area contributed by atoms with Crippen molar-refractivity contribution in [2.45, 2.75) is 27.5 Å². The van der Waals surface area contributed by atoms with Gasteiger partial charge in [-0.15, -0.1) is 0 Å². The van der Waals surface area contributed by atoms with Crippen LogP contribution in [0.1, 0.15) is 12.0 Å². The maximum absolute atomic E-state index is 12.0. The molecule has 1 aliphatic heterocycles. The number of hydrogen-bond acceptors (Lipinski definition) is 4. The standard InChI is InChI=1S/C27H30NO3S/c29-27(22-28-17-20-30-21-18-28)31-19-7-8-23-13-15-26(16-14-23)32(24-9-3-1-4-10-24)25-11-5-2-6-12-25/h1-6,9-16H,7-8,17-22H2/q+1. The zero-order valence-electron chi connectivity index (χ0n) is 18.3. The van der Waals surface area contributed by atoms with Gasteiger partial charge in [0.15, 0.2) is 14.7 Å². The van der Waals surface area contributed by atoms with Crippen molar-refractivity contribution < 1.29 is 14.3 Å². The SMILES string of the molecule is O=C(CN1CCOCC1)OCCCc1ccc([S+](c2ccccc2)c2ccccc2)cc1. The summed E-state index contributed by atoms with van der Waals surface area (Å²) in [7, 11) is -0.123. The molecule has 0 aliphatic carbocycles. The van der Waals surface area contributed by atoms with E-state index in [4.69, 9.17) is 9.47 Å². The maximum Gasteiger partial charge on any atom is 0.320 e.